The zero-order valence-electron chi connectivity index (χ0n) is 7.00. The van der Waals surface area contributed by atoms with Crippen LogP contribution in [0, 0.1) is 5.63 Å². The summed E-state index contributed by atoms with van der Waals surface area (Å²) in [6.07, 6.45) is 1.21. The fraction of sp³-hybridized carbons (Fsp3) is 0.500. The molecule has 0 aromatic heterocycles. The summed E-state index contributed by atoms with van der Waals surface area (Å²) in [5.41, 5.74) is 2.95. The molecule has 0 unspecified atom stereocenters. The molecule has 4 heteroatoms. The molecule has 0 amide bonds. The molecule has 0 aromatic rings. The Morgan fingerprint density at radius 1 is 1.67 bits per heavy atom. The summed E-state index contributed by atoms with van der Waals surface area (Å²) in [4.78, 5) is 10.8. The molecule has 0 radical (unpaired) electrons. The van der Waals surface area contributed by atoms with Gasteiger partial charge in [0.25, 0.3) is 0 Å². The van der Waals surface area contributed by atoms with E-state index in [1.807, 2.05) is 0 Å². The van der Waals surface area contributed by atoms with E-state index in [2.05, 4.69) is 12.2 Å². The van der Waals surface area contributed by atoms with Crippen LogP contribution in [0.15, 0.2) is 12.2 Å². The molecule has 0 aliphatic rings. The van der Waals surface area contributed by atoms with Crippen molar-refractivity contribution in [1.82, 2.24) is 0 Å². The van der Waals surface area contributed by atoms with E-state index in [1.54, 1.807) is 6.92 Å². The van der Waals surface area contributed by atoms with Crippen molar-refractivity contribution >= 4 is 13.9 Å². The molecule has 0 aliphatic heterocycles. The van der Waals surface area contributed by atoms with Gasteiger partial charge in [0, 0.05) is 0 Å². The Morgan fingerprint density at radius 2 is 2.33 bits per heavy atom. The number of carbonyl (C=O) groups is 1. The van der Waals surface area contributed by atoms with Gasteiger partial charge < -0.3 is 0 Å². The third-order valence-electron chi connectivity index (χ3n) is 1.08. The summed E-state index contributed by atoms with van der Waals surface area (Å²) < 4.78 is 14.6. The fourth-order valence-electron chi connectivity index (χ4n) is 0.485. The van der Waals surface area contributed by atoms with Crippen LogP contribution in [0.1, 0.15) is 19.8 Å². The van der Waals surface area contributed by atoms with Crippen LogP contribution in [0.25, 0.3) is 0 Å². The molecule has 0 spiro atoms. The summed E-state index contributed by atoms with van der Waals surface area (Å²) in [6, 6.07) is 0. The topological polar surface area (TPSA) is 43.4 Å². The van der Waals surface area contributed by atoms with Crippen molar-refractivity contribution in [1.29, 1.82) is 0 Å². The number of esters is 1. The van der Waals surface area contributed by atoms with Gasteiger partial charge >= 0.3 is 72.1 Å². The summed E-state index contributed by atoms with van der Waals surface area (Å²) >= 11 is 0. The first-order chi connectivity index (χ1) is 5.68. The summed E-state index contributed by atoms with van der Waals surface area (Å²) in [5, 5.41) is 0. The van der Waals surface area contributed by atoms with Gasteiger partial charge in [-0.2, -0.15) is 0 Å². The van der Waals surface area contributed by atoms with Gasteiger partial charge in [-0.3, -0.25) is 0 Å². The van der Waals surface area contributed by atoms with Crippen LogP contribution in [0.4, 0.5) is 0 Å². The molecular formula is C8H11O3P. The second-order valence-electron chi connectivity index (χ2n) is 2.27. The van der Waals surface area contributed by atoms with Crippen molar-refractivity contribution < 1.29 is 14.1 Å². The van der Waals surface area contributed by atoms with E-state index in [0.29, 0.717) is 25.0 Å². The van der Waals surface area contributed by atoms with Gasteiger partial charge in [-0.15, -0.1) is 0 Å². The molecule has 3 nitrogen and oxygen atoms in total. The number of hydrogen-bond acceptors (Lipinski definition) is 3. The third kappa shape index (κ3) is 5.96. The zero-order valence-corrected chi connectivity index (χ0v) is 7.89. The molecule has 0 atom stereocenters. The van der Waals surface area contributed by atoms with Crippen LogP contribution in [0.2, 0.25) is 0 Å². The summed E-state index contributed by atoms with van der Waals surface area (Å²) in [6.45, 7) is 5.35. The predicted octanol–water partition coefficient (Wildman–Crippen LogP) is 2.14. The average molecular weight is 186 g/mol. The van der Waals surface area contributed by atoms with Gasteiger partial charge in [-0.1, -0.05) is 0 Å². The van der Waals surface area contributed by atoms with E-state index >= 15 is 0 Å². The molecule has 66 valence electrons. The first-order valence-electron chi connectivity index (χ1n) is 3.56. The predicted molar refractivity (Wildman–Crippen MR) is 46.5 cm³/mol. The van der Waals surface area contributed by atoms with Gasteiger partial charge in [0.2, 0.25) is 0 Å². The molecule has 0 rings (SSSR count). The van der Waals surface area contributed by atoms with Crippen molar-refractivity contribution in [2.24, 2.45) is 0 Å². The van der Waals surface area contributed by atoms with Crippen molar-refractivity contribution in [3.8, 4) is 5.63 Å². The van der Waals surface area contributed by atoms with Gasteiger partial charge in [0.05, 0.1) is 0 Å². The first kappa shape index (κ1) is 11.2. The molecule has 0 bridgehead atoms. The Bertz CT molecular complexity index is 263. The van der Waals surface area contributed by atoms with Crippen LogP contribution in [0.5, 0.6) is 0 Å². The molecule has 0 saturated carbocycles. The number of hydrogen-bond donors (Lipinski definition) is 0. The zero-order chi connectivity index (χ0) is 9.40. The maximum atomic E-state index is 10.8. The quantitative estimate of drug-likeness (QED) is 0.292. The molecule has 0 heterocycles. The Hall–Kier alpha value is -0.780. The minimum absolute atomic E-state index is 0.0952. The number of carbonyl (C=O) groups excluding carboxylic acids is 1. The summed E-state index contributed by atoms with van der Waals surface area (Å²) in [7, 11) is -0.0952. The van der Waals surface area contributed by atoms with Gasteiger partial charge in [0.1, 0.15) is 0 Å². The molecule has 0 aliphatic carbocycles. The molecule has 12 heavy (non-hydrogen) atoms. The number of rotatable bonds is 4. The van der Waals surface area contributed by atoms with Crippen LogP contribution in [-0.4, -0.2) is 12.6 Å². The average Bonchev–Trinajstić information content (AvgIpc) is 2.03. The van der Waals surface area contributed by atoms with Crippen molar-refractivity contribution in [3.63, 3.8) is 0 Å². The maximum absolute atomic E-state index is 10.8. The first-order valence-corrected chi connectivity index (χ1v) is 4.37. The molecular weight excluding hydrogens is 175 g/mol. The van der Waals surface area contributed by atoms with Crippen LogP contribution >= 0.6 is 7.92 Å². The Kier molecular flexibility index (Phi) is 6.45. The Labute approximate surface area is 72.9 Å². The summed E-state index contributed by atoms with van der Waals surface area (Å²) in [5.74, 6) is -0.380. The van der Waals surface area contributed by atoms with Crippen molar-refractivity contribution in [3.05, 3.63) is 12.2 Å². The van der Waals surface area contributed by atoms with Gasteiger partial charge in [0.15, 0.2) is 0 Å². The van der Waals surface area contributed by atoms with Gasteiger partial charge in [-0.25, -0.2) is 0 Å². The van der Waals surface area contributed by atoms with Crippen LogP contribution in [-0.2, 0) is 14.1 Å². The minimum atomic E-state index is -0.380. The van der Waals surface area contributed by atoms with E-state index in [0.717, 1.165) is 0 Å². The van der Waals surface area contributed by atoms with Crippen LogP contribution in [0.3, 0.4) is 0 Å². The van der Waals surface area contributed by atoms with E-state index in [4.69, 9.17) is 4.74 Å². The van der Waals surface area contributed by atoms with E-state index in [9.17, 15) is 9.36 Å². The molecule has 0 N–H and O–H groups in total. The van der Waals surface area contributed by atoms with E-state index < -0.39 is 0 Å². The molecule has 0 saturated heterocycles. The van der Waals surface area contributed by atoms with Gasteiger partial charge in [-0.05, 0) is 0 Å². The monoisotopic (exact) mass is 186 g/mol. The number of ether oxygens (including phenoxy) is 1. The van der Waals surface area contributed by atoms with Crippen molar-refractivity contribution in [2.75, 3.05) is 6.61 Å². The van der Waals surface area contributed by atoms with Crippen molar-refractivity contribution in [2.45, 2.75) is 19.8 Å². The SMILES string of the molecule is C=C(C)C(=O)OCCCC#P=O. The second kappa shape index (κ2) is 6.90. The standard InChI is InChI=1S/C8H11O3P/c1-7(2)8(9)11-5-3-4-6-12-10/h1,3-5H2,2H3. The number of unbranched alkanes of at least 4 members (excludes halogenated alkanes) is 1. The Balaban J connectivity index is 3.42. The fourth-order valence-corrected chi connectivity index (χ4v) is 0.734. The van der Waals surface area contributed by atoms with E-state index in [-0.39, 0.29) is 13.9 Å². The molecule has 0 fully saturated rings. The Morgan fingerprint density at radius 3 is 2.83 bits per heavy atom. The molecule has 0 aromatic carbocycles. The third-order valence-corrected chi connectivity index (χ3v) is 1.43. The second-order valence-corrected chi connectivity index (χ2v) is 2.77. The van der Waals surface area contributed by atoms with E-state index in [1.165, 1.54) is 0 Å². The van der Waals surface area contributed by atoms with Crippen LogP contribution < -0.4 is 0 Å². The normalized spacial score (nSPS) is 8.42.